The highest BCUT2D eigenvalue weighted by Gasteiger charge is 2.17. The van der Waals surface area contributed by atoms with E-state index in [1.54, 1.807) is 29.5 Å². The Morgan fingerprint density at radius 3 is 2.53 bits per heavy atom. The minimum absolute atomic E-state index is 0.219. The summed E-state index contributed by atoms with van der Waals surface area (Å²) in [6.07, 6.45) is 2.03. The Hall–Kier alpha value is -3.31. The number of hydrogen-bond donors (Lipinski definition) is 0. The number of rotatable bonds is 7. The Morgan fingerprint density at radius 2 is 1.80 bits per heavy atom. The lowest BCUT2D eigenvalue weighted by atomic mass is 10.1. The number of nitrogens with zero attached hydrogens (tertiary/aromatic N) is 1. The van der Waals surface area contributed by atoms with E-state index in [-0.39, 0.29) is 12.4 Å². The van der Waals surface area contributed by atoms with Crippen molar-refractivity contribution < 1.29 is 14.3 Å². The molecule has 4 aromatic rings. The molecule has 4 rings (SSSR count). The molecule has 2 heterocycles. The number of aromatic nitrogens is 1. The average Bonchev–Trinajstić information content (AvgIpc) is 3.32. The summed E-state index contributed by atoms with van der Waals surface area (Å²) in [5.74, 6) is -0.745. The number of pyridine rings is 1. The van der Waals surface area contributed by atoms with Crippen molar-refractivity contribution in [1.82, 2.24) is 4.98 Å². The van der Waals surface area contributed by atoms with Crippen molar-refractivity contribution in [2.75, 3.05) is 6.61 Å². The summed E-state index contributed by atoms with van der Waals surface area (Å²) in [4.78, 5) is 31.0. The number of carbonyl (C=O) groups excluding carboxylic acids is 2. The number of para-hydroxylation sites is 1. The summed E-state index contributed by atoms with van der Waals surface area (Å²) in [6, 6.07) is 20.6. The predicted molar refractivity (Wildman–Crippen MR) is 120 cm³/mol. The van der Waals surface area contributed by atoms with Crippen molar-refractivity contribution >= 4 is 34.0 Å². The van der Waals surface area contributed by atoms with Crippen LogP contribution in [0.2, 0.25) is 0 Å². The van der Waals surface area contributed by atoms with Gasteiger partial charge in [-0.2, -0.15) is 0 Å². The molecule has 5 heteroatoms. The highest BCUT2D eigenvalue weighted by Crippen LogP contribution is 2.28. The van der Waals surface area contributed by atoms with Gasteiger partial charge in [-0.25, -0.2) is 9.78 Å². The highest BCUT2D eigenvalue weighted by molar-refractivity contribution is 7.13. The van der Waals surface area contributed by atoms with Crippen LogP contribution < -0.4 is 0 Å². The van der Waals surface area contributed by atoms with Crippen molar-refractivity contribution in [3.63, 3.8) is 0 Å². The molecule has 2 aromatic carbocycles. The topological polar surface area (TPSA) is 56.3 Å². The van der Waals surface area contributed by atoms with Gasteiger partial charge in [0.2, 0.25) is 0 Å². The van der Waals surface area contributed by atoms with Gasteiger partial charge >= 0.3 is 5.97 Å². The molecule has 0 radical (unpaired) electrons. The van der Waals surface area contributed by atoms with Crippen LogP contribution in [0.4, 0.5) is 0 Å². The van der Waals surface area contributed by atoms with Crippen LogP contribution in [0.3, 0.4) is 0 Å². The Morgan fingerprint density at radius 1 is 1.00 bits per heavy atom. The van der Waals surface area contributed by atoms with E-state index in [1.165, 1.54) is 5.56 Å². The predicted octanol–water partition coefficient (Wildman–Crippen LogP) is 5.96. The molecule has 0 N–H and O–H groups in total. The number of benzene rings is 2. The molecular weight excluding hydrogens is 394 g/mol. The SMILES string of the molecule is CCCc1ccc(C(=O)COC(=O)c2cc(-c3cccs3)nc3ccccc23)cc1. The zero-order valence-corrected chi connectivity index (χ0v) is 17.4. The lowest BCUT2D eigenvalue weighted by Crippen LogP contribution is -2.15. The van der Waals surface area contributed by atoms with Gasteiger partial charge in [0, 0.05) is 10.9 Å². The summed E-state index contributed by atoms with van der Waals surface area (Å²) in [7, 11) is 0. The molecule has 2 aromatic heterocycles. The number of esters is 1. The van der Waals surface area contributed by atoms with E-state index in [0.717, 1.165) is 17.7 Å². The van der Waals surface area contributed by atoms with Crippen molar-refractivity contribution in [1.29, 1.82) is 0 Å². The number of carbonyl (C=O) groups is 2. The van der Waals surface area contributed by atoms with Crippen LogP contribution in [0.25, 0.3) is 21.5 Å². The second kappa shape index (κ2) is 9.01. The number of ether oxygens (including phenoxy) is 1. The highest BCUT2D eigenvalue weighted by atomic mass is 32.1. The minimum atomic E-state index is -0.526. The van der Waals surface area contributed by atoms with Crippen molar-refractivity contribution in [3.8, 4) is 10.6 Å². The summed E-state index contributed by atoms with van der Waals surface area (Å²) in [5, 5.41) is 2.67. The van der Waals surface area contributed by atoms with Gasteiger partial charge in [-0.1, -0.05) is 61.9 Å². The van der Waals surface area contributed by atoms with Crippen LogP contribution in [0.1, 0.15) is 39.6 Å². The van der Waals surface area contributed by atoms with E-state index in [4.69, 9.17) is 4.74 Å². The quantitative estimate of drug-likeness (QED) is 0.276. The Balaban J connectivity index is 1.55. The zero-order chi connectivity index (χ0) is 20.9. The lowest BCUT2D eigenvalue weighted by molar-refractivity contribution is 0.0476. The number of ketones is 1. The van der Waals surface area contributed by atoms with Crippen LogP contribution in [0.15, 0.2) is 72.1 Å². The molecule has 0 atom stereocenters. The molecule has 0 unspecified atom stereocenters. The van der Waals surface area contributed by atoms with Crippen LogP contribution in [0.5, 0.6) is 0 Å². The summed E-state index contributed by atoms with van der Waals surface area (Å²) < 4.78 is 5.39. The second-order valence-corrected chi connectivity index (χ2v) is 7.94. The van der Waals surface area contributed by atoms with Crippen LogP contribution in [0, 0.1) is 0 Å². The molecule has 0 aliphatic carbocycles. The first-order valence-corrected chi connectivity index (χ1v) is 10.8. The third-order valence-corrected chi connectivity index (χ3v) is 5.75. The van der Waals surface area contributed by atoms with Gasteiger partial charge in [0.1, 0.15) is 0 Å². The molecule has 150 valence electrons. The maximum absolute atomic E-state index is 12.9. The van der Waals surface area contributed by atoms with Gasteiger partial charge in [0.25, 0.3) is 0 Å². The van der Waals surface area contributed by atoms with Crippen LogP contribution in [-0.2, 0) is 11.2 Å². The summed E-state index contributed by atoms with van der Waals surface area (Å²) >= 11 is 1.56. The number of thiophene rings is 1. The first kappa shape index (κ1) is 20.0. The summed E-state index contributed by atoms with van der Waals surface area (Å²) in [5.41, 5.74) is 3.58. The van der Waals surface area contributed by atoms with Gasteiger partial charge in [-0.3, -0.25) is 4.79 Å². The molecule has 4 nitrogen and oxygen atoms in total. The zero-order valence-electron chi connectivity index (χ0n) is 16.6. The standard InChI is InChI=1S/C25H21NO3S/c1-2-6-17-10-12-18(13-11-17)23(27)16-29-25(28)20-15-22(24-9-5-14-30-24)26-21-8-4-3-7-19(20)21/h3-5,7-15H,2,6,16H2,1H3. The van der Waals surface area contributed by atoms with Gasteiger partial charge in [-0.15, -0.1) is 11.3 Å². The van der Waals surface area contributed by atoms with Gasteiger partial charge in [0.05, 0.1) is 21.7 Å². The third kappa shape index (κ3) is 4.31. The molecule has 0 aliphatic heterocycles. The van der Waals surface area contributed by atoms with Crippen molar-refractivity contribution in [2.24, 2.45) is 0 Å². The molecule has 0 saturated heterocycles. The van der Waals surface area contributed by atoms with Crippen LogP contribution in [-0.4, -0.2) is 23.3 Å². The summed E-state index contributed by atoms with van der Waals surface area (Å²) in [6.45, 7) is 1.82. The first-order valence-electron chi connectivity index (χ1n) is 9.88. The number of hydrogen-bond acceptors (Lipinski definition) is 5. The maximum atomic E-state index is 12.9. The van der Waals surface area contributed by atoms with E-state index in [0.29, 0.717) is 27.7 Å². The lowest BCUT2D eigenvalue weighted by Gasteiger charge is -2.09. The molecule has 0 fully saturated rings. The Bertz CT molecular complexity index is 1180. The molecule has 0 aliphatic rings. The fraction of sp³-hybridized carbons (Fsp3) is 0.160. The normalized spacial score (nSPS) is 10.8. The Labute approximate surface area is 179 Å². The minimum Gasteiger partial charge on any atom is -0.454 e. The van der Waals surface area contributed by atoms with Crippen molar-refractivity contribution in [2.45, 2.75) is 19.8 Å². The molecule has 0 spiro atoms. The van der Waals surface area contributed by atoms with E-state index in [9.17, 15) is 9.59 Å². The first-order chi connectivity index (χ1) is 14.7. The molecule has 0 bridgehead atoms. The Kier molecular flexibility index (Phi) is 6.00. The monoisotopic (exact) mass is 415 g/mol. The maximum Gasteiger partial charge on any atom is 0.339 e. The number of fused-ring (bicyclic) bond motifs is 1. The molecule has 0 amide bonds. The molecular formula is C25H21NO3S. The van der Waals surface area contributed by atoms with Gasteiger partial charge in [-0.05, 0) is 35.6 Å². The van der Waals surface area contributed by atoms with Crippen molar-refractivity contribution in [3.05, 3.63) is 88.8 Å². The smallest absolute Gasteiger partial charge is 0.339 e. The molecule has 30 heavy (non-hydrogen) atoms. The fourth-order valence-corrected chi connectivity index (χ4v) is 4.02. The van der Waals surface area contributed by atoms with E-state index >= 15 is 0 Å². The molecule has 0 saturated carbocycles. The van der Waals surface area contributed by atoms with E-state index < -0.39 is 5.97 Å². The van der Waals surface area contributed by atoms with Gasteiger partial charge in [0.15, 0.2) is 12.4 Å². The van der Waals surface area contributed by atoms with E-state index in [2.05, 4.69) is 11.9 Å². The largest absolute Gasteiger partial charge is 0.454 e. The van der Waals surface area contributed by atoms with Gasteiger partial charge < -0.3 is 4.74 Å². The number of Topliss-reactive ketones (excluding diaryl/α,β-unsaturated/α-hetero) is 1. The van der Waals surface area contributed by atoms with Crippen LogP contribution >= 0.6 is 11.3 Å². The third-order valence-electron chi connectivity index (χ3n) is 4.86. The fourth-order valence-electron chi connectivity index (χ4n) is 3.33. The van der Waals surface area contributed by atoms with E-state index in [1.807, 2.05) is 53.9 Å². The average molecular weight is 416 g/mol. The second-order valence-electron chi connectivity index (χ2n) is 7.00. The number of aryl methyl sites for hydroxylation is 1.